The Kier molecular flexibility index (Phi) is 5.48. The van der Waals surface area contributed by atoms with Gasteiger partial charge in [0.15, 0.2) is 11.6 Å². The van der Waals surface area contributed by atoms with E-state index < -0.39 is 11.6 Å². The van der Waals surface area contributed by atoms with Gasteiger partial charge in [0.05, 0.1) is 5.69 Å². The molecule has 2 aromatic heterocycles. The Hall–Kier alpha value is -3.16. The van der Waals surface area contributed by atoms with Crippen LogP contribution in [0.5, 0.6) is 0 Å². The standard InChI is InChI=1S/C20H20F2N4O2/c1-11-8-19(28)24-20(23-11)26-13(3)16(12(2)25-26)6-5-15(27)9-14-4-7-17(21)18(22)10-14/h4,7-8,10H,5-6,9H2,1-3H3,(H,23,24,28). The number of Topliss-reactive ketones (excluding diaryl/α,β-unsaturated/α-hetero) is 1. The van der Waals surface area contributed by atoms with Crippen molar-refractivity contribution in [1.82, 2.24) is 19.7 Å². The van der Waals surface area contributed by atoms with Gasteiger partial charge in [0.2, 0.25) is 5.95 Å². The van der Waals surface area contributed by atoms with Gasteiger partial charge in [0.25, 0.3) is 5.56 Å². The maximum atomic E-state index is 13.3. The molecule has 3 rings (SSSR count). The zero-order valence-corrected chi connectivity index (χ0v) is 15.8. The summed E-state index contributed by atoms with van der Waals surface area (Å²) in [5.74, 6) is -1.65. The first-order valence-corrected chi connectivity index (χ1v) is 8.83. The Morgan fingerprint density at radius 1 is 1.14 bits per heavy atom. The van der Waals surface area contributed by atoms with Crippen LogP contribution in [0.15, 0.2) is 29.1 Å². The van der Waals surface area contributed by atoms with Crippen LogP contribution in [0.4, 0.5) is 8.78 Å². The Balaban J connectivity index is 1.74. The van der Waals surface area contributed by atoms with Crippen LogP contribution in [-0.2, 0) is 17.6 Å². The minimum Gasteiger partial charge on any atom is -0.299 e. The summed E-state index contributed by atoms with van der Waals surface area (Å²) in [5.41, 5.74) is 3.17. The van der Waals surface area contributed by atoms with Crippen molar-refractivity contribution in [3.8, 4) is 5.95 Å². The number of carbonyl (C=O) groups is 1. The second-order valence-corrected chi connectivity index (χ2v) is 6.74. The quantitative estimate of drug-likeness (QED) is 0.706. The molecule has 1 aromatic carbocycles. The highest BCUT2D eigenvalue weighted by atomic mass is 19.2. The van der Waals surface area contributed by atoms with Gasteiger partial charge in [-0.2, -0.15) is 5.10 Å². The van der Waals surface area contributed by atoms with Crippen LogP contribution in [0.1, 0.15) is 34.6 Å². The smallest absolute Gasteiger partial charge is 0.252 e. The molecule has 0 aliphatic carbocycles. The largest absolute Gasteiger partial charge is 0.299 e. The summed E-state index contributed by atoms with van der Waals surface area (Å²) >= 11 is 0. The van der Waals surface area contributed by atoms with Crippen LogP contribution >= 0.6 is 0 Å². The molecule has 3 aromatic rings. The number of benzene rings is 1. The maximum absolute atomic E-state index is 13.3. The van der Waals surface area contributed by atoms with Crippen LogP contribution in [-0.4, -0.2) is 25.5 Å². The van der Waals surface area contributed by atoms with Crippen molar-refractivity contribution in [1.29, 1.82) is 0 Å². The summed E-state index contributed by atoms with van der Waals surface area (Å²) in [5, 5.41) is 4.43. The topological polar surface area (TPSA) is 80.6 Å². The van der Waals surface area contributed by atoms with E-state index >= 15 is 0 Å². The monoisotopic (exact) mass is 386 g/mol. The van der Waals surface area contributed by atoms with Gasteiger partial charge in [0.1, 0.15) is 5.78 Å². The molecule has 0 aliphatic rings. The van der Waals surface area contributed by atoms with E-state index in [0.29, 0.717) is 23.6 Å². The van der Waals surface area contributed by atoms with Gasteiger partial charge in [-0.25, -0.2) is 18.4 Å². The van der Waals surface area contributed by atoms with Crippen LogP contribution in [0.2, 0.25) is 0 Å². The maximum Gasteiger partial charge on any atom is 0.252 e. The predicted octanol–water partition coefficient (Wildman–Crippen LogP) is 2.90. The van der Waals surface area contributed by atoms with Crippen molar-refractivity contribution >= 4 is 5.78 Å². The first-order valence-electron chi connectivity index (χ1n) is 8.83. The molecule has 0 saturated heterocycles. The molecule has 146 valence electrons. The highest BCUT2D eigenvalue weighted by molar-refractivity contribution is 5.81. The van der Waals surface area contributed by atoms with E-state index in [1.165, 1.54) is 12.1 Å². The first-order chi connectivity index (χ1) is 13.2. The molecular formula is C20H20F2N4O2. The first kappa shape index (κ1) is 19.6. The zero-order chi connectivity index (χ0) is 20.4. The number of aromatic amines is 1. The molecular weight excluding hydrogens is 366 g/mol. The molecule has 0 spiro atoms. The van der Waals surface area contributed by atoms with E-state index in [-0.39, 0.29) is 24.2 Å². The summed E-state index contributed by atoms with van der Waals surface area (Å²) in [6.07, 6.45) is 0.733. The van der Waals surface area contributed by atoms with Gasteiger partial charge >= 0.3 is 0 Å². The Labute approximate surface area is 160 Å². The summed E-state index contributed by atoms with van der Waals surface area (Å²) in [4.78, 5) is 30.9. The molecule has 0 radical (unpaired) electrons. The lowest BCUT2D eigenvalue weighted by Crippen LogP contribution is -2.15. The van der Waals surface area contributed by atoms with Crippen molar-refractivity contribution < 1.29 is 13.6 Å². The lowest BCUT2D eigenvalue weighted by atomic mass is 10.0. The predicted molar refractivity (Wildman–Crippen MR) is 99.6 cm³/mol. The summed E-state index contributed by atoms with van der Waals surface area (Å²) in [6.45, 7) is 5.40. The van der Waals surface area contributed by atoms with Crippen molar-refractivity contribution in [3.05, 3.63) is 74.5 Å². The third-order valence-corrected chi connectivity index (χ3v) is 4.54. The van der Waals surface area contributed by atoms with Crippen molar-refractivity contribution in [3.63, 3.8) is 0 Å². The average Bonchev–Trinajstić information content (AvgIpc) is 2.90. The van der Waals surface area contributed by atoms with E-state index in [4.69, 9.17) is 0 Å². The molecule has 8 heteroatoms. The van der Waals surface area contributed by atoms with Gasteiger partial charge in [-0.15, -0.1) is 0 Å². The fourth-order valence-corrected chi connectivity index (χ4v) is 3.14. The Morgan fingerprint density at radius 2 is 1.89 bits per heavy atom. The third kappa shape index (κ3) is 4.21. The molecule has 0 aliphatic heterocycles. The van der Waals surface area contributed by atoms with Crippen molar-refractivity contribution in [2.45, 2.75) is 40.0 Å². The summed E-state index contributed by atoms with van der Waals surface area (Å²) in [7, 11) is 0. The molecule has 2 heterocycles. The van der Waals surface area contributed by atoms with Crippen molar-refractivity contribution in [2.75, 3.05) is 0 Å². The number of nitrogens with zero attached hydrogens (tertiary/aromatic N) is 3. The minimum atomic E-state index is -0.960. The van der Waals surface area contributed by atoms with E-state index in [9.17, 15) is 18.4 Å². The number of nitrogens with one attached hydrogen (secondary N) is 1. The number of H-pyrrole nitrogens is 1. The number of ketones is 1. The molecule has 0 bridgehead atoms. The van der Waals surface area contributed by atoms with Gasteiger partial charge < -0.3 is 0 Å². The second-order valence-electron chi connectivity index (χ2n) is 6.74. The lowest BCUT2D eigenvalue weighted by molar-refractivity contribution is -0.118. The molecule has 0 saturated carbocycles. The Bertz CT molecular complexity index is 1100. The highest BCUT2D eigenvalue weighted by Gasteiger charge is 2.16. The molecule has 0 atom stereocenters. The van der Waals surface area contributed by atoms with Gasteiger partial charge in [-0.05, 0) is 50.5 Å². The number of hydrogen-bond donors (Lipinski definition) is 1. The average molecular weight is 386 g/mol. The number of hydrogen-bond acceptors (Lipinski definition) is 4. The zero-order valence-electron chi connectivity index (χ0n) is 15.8. The number of carbonyl (C=O) groups excluding carboxylic acids is 1. The minimum absolute atomic E-state index is 0.0379. The third-order valence-electron chi connectivity index (χ3n) is 4.54. The van der Waals surface area contributed by atoms with Crippen molar-refractivity contribution in [2.24, 2.45) is 0 Å². The second kappa shape index (κ2) is 7.84. The van der Waals surface area contributed by atoms with Crippen LogP contribution in [0.3, 0.4) is 0 Å². The lowest BCUT2D eigenvalue weighted by Gasteiger charge is -2.05. The van der Waals surface area contributed by atoms with E-state index in [1.54, 1.807) is 11.6 Å². The molecule has 28 heavy (non-hydrogen) atoms. The molecule has 6 nitrogen and oxygen atoms in total. The Morgan fingerprint density at radius 3 is 2.57 bits per heavy atom. The molecule has 0 unspecified atom stereocenters. The number of rotatable bonds is 6. The number of aromatic nitrogens is 4. The van der Waals surface area contributed by atoms with E-state index in [1.807, 2.05) is 13.8 Å². The highest BCUT2D eigenvalue weighted by Crippen LogP contribution is 2.18. The van der Waals surface area contributed by atoms with Crippen LogP contribution < -0.4 is 5.56 Å². The molecule has 0 amide bonds. The van der Waals surface area contributed by atoms with E-state index in [0.717, 1.165) is 29.1 Å². The van der Waals surface area contributed by atoms with Gasteiger partial charge in [-0.3, -0.25) is 14.6 Å². The van der Waals surface area contributed by atoms with Crippen LogP contribution in [0, 0.1) is 32.4 Å². The van der Waals surface area contributed by atoms with Crippen LogP contribution in [0.25, 0.3) is 5.95 Å². The molecule has 0 fully saturated rings. The fourth-order valence-electron chi connectivity index (χ4n) is 3.14. The fraction of sp³-hybridized carbons (Fsp3) is 0.300. The number of aryl methyl sites for hydroxylation is 2. The summed E-state index contributed by atoms with van der Waals surface area (Å²) < 4.78 is 27.8. The normalized spacial score (nSPS) is 11.0. The number of halogens is 2. The molecule has 1 N–H and O–H groups in total. The van der Waals surface area contributed by atoms with Gasteiger partial charge in [-0.1, -0.05) is 6.07 Å². The summed E-state index contributed by atoms with van der Waals surface area (Å²) in [6, 6.07) is 4.87. The van der Waals surface area contributed by atoms with E-state index in [2.05, 4.69) is 15.1 Å². The van der Waals surface area contributed by atoms with Gasteiger partial charge in [0, 0.05) is 30.3 Å². The SMILES string of the molecule is Cc1cc(=O)[nH]c(-n2nc(C)c(CCC(=O)Cc3ccc(F)c(F)c3)c2C)n1.